The van der Waals surface area contributed by atoms with E-state index in [0.717, 1.165) is 0 Å². The summed E-state index contributed by atoms with van der Waals surface area (Å²) in [5.74, 6) is -1.41. The van der Waals surface area contributed by atoms with E-state index in [4.69, 9.17) is 10.8 Å². The summed E-state index contributed by atoms with van der Waals surface area (Å²) >= 11 is 3.11. The van der Waals surface area contributed by atoms with Crippen molar-refractivity contribution in [1.82, 2.24) is 0 Å². The molecule has 0 bridgehead atoms. The molecule has 0 aromatic heterocycles. The Kier molecular flexibility index (Phi) is 2.22. The lowest BCUT2D eigenvalue weighted by Gasteiger charge is -2.14. The van der Waals surface area contributed by atoms with Gasteiger partial charge in [0.05, 0.1) is 11.1 Å². The van der Waals surface area contributed by atoms with Crippen LogP contribution in [0.2, 0.25) is 0 Å². The molecule has 0 aliphatic heterocycles. The van der Waals surface area contributed by atoms with Crippen molar-refractivity contribution in [3.8, 4) is 0 Å². The summed E-state index contributed by atoms with van der Waals surface area (Å²) in [5, 5.41) is 9.07. The van der Waals surface area contributed by atoms with Crippen LogP contribution in [0.15, 0.2) is 16.6 Å². The van der Waals surface area contributed by atoms with Crippen molar-refractivity contribution in [3.63, 3.8) is 0 Å². The number of carbonyl (C=O) groups is 1. The molecular formula is C10H9BrFNO2. The van der Waals surface area contributed by atoms with Gasteiger partial charge < -0.3 is 10.8 Å². The highest BCUT2D eigenvalue weighted by atomic mass is 79.9. The molecule has 0 heterocycles. The first-order valence-corrected chi connectivity index (χ1v) is 5.25. The Labute approximate surface area is 94.2 Å². The highest BCUT2D eigenvalue weighted by molar-refractivity contribution is 9.10. The first-order valence-electron chi connectivity index (χ1n) is 4.46. The summed E-state index contributed by atoms with van der Waals surface area (Å²) in [6.07, 6.45) is 1.03. The number of halogens is 2. The third-order valence-electron chi connectivity index (χ3n) is 2.77. The number of nitrogens with two attached hydrogens (primary N) is 1. The fourth-order valence-corrected chi connectivity index (χ4v) is 2.14. The van der Waals surface area contributed by atoms with Crippen molar-refractivity contribution in [2.75, 3.05) is 5.73 Å². The van der Waals surface area contributed by atoms with E-state index in [0.29, 0.717) is 28.6 Å². The number of nitrogen functional groups attached to an aromatic ring is 1. The molecule has 2 rings (SSSR count). The summed E-state index contributed by atoms with van der Waals surface area (Å²) < 4.78 is 13.6. The Hall–Kier alpha value is -1.10. The Morgan fingerprint density at radius 2 is 2.13 bits per heavy atom. The molecule has 3 nitrogen and oxygen atoms in total. The quantitative estimate of drug-likeness (QED) is 0.813. The predicted octanol–water partition coefficient (Wildman–Crippen LogP) is 2.29. The average Bonchev–Trinajstić information content (AvgIpc) is 2.91. The molecule has 1 aromatic carbocycles. The Morgan fingerprint density at radius 3 is 2.60 bits per heavy atom. The van der Waals surface area contributed by atoms with Gasteiger partial charge in [-0.25, -0.2) is 4.39 Å². The molecule has 0 spiro atoms. The van der Waals surface area contributed by atoms with Gasteiger partial charge in [-0.15, -0.1) is 0 Å². The van der Waals surface area contributed by atoms with Crippen LogP contribution in [0.5, 0.6) is 0 Å². The zero-order chi connectivity index (χ0) is 11.2. The van der Waals surface area contributed by atoms with E-state index in [1.807, 2.05) is 0 Å². The van der Waals surface area contributed by atoms with E-state index >= 15 is 0 Å². The van der Waals surface area contributed by atoms with Gasteiger partial charge in [-0.1, -0.05) is 0 Å². The number of hydrogen-bond acceptors (Lipinski definition) is 2. The van der Waals surface area contributed by atoms with Crippen LogP contribution in [-0.2, 0) is 10.2 Å². The van der Waals surface area contributed by atoms with E-state index in [2.05, 4.69) is 15.9 Å². The smallest absolute Gasteiger partial charge is 0.314 e. The van der Waals surface area contributed by atoms with Gasteiger partial charge in [-0.3, -0.25) is 4.79 Å². The molecule has 1 aliphatic carbocycles. The third-order valence-corrected chi connectivity index (χ3v) is 3.43. The Balaban J connectivity index is 2.58. The van der Waals surface area contributed by atoms with Gasteiger partial charge in [0, 0.05) is 4.47 Å². The molecule has 0 radical (unpaired) electrons. The number of aliphatic carboxylic acids is 1. The SMILES string of the molecule is Nc1c(Br)cc(F)cc1C1(C(=O)O)CC1. The molecule has 3 N–H and O–H groups in total. The second-order valence-corrected chi connectivity index (χ2v) is 4.59. The van der Waals surface area contributed by atoms with Crippen LogP contribution >= 0.6 is 15.9 Å². The first kappa shape index (κ1) is 10.4. The molecule has 1 aromatic rings. The van der Waals surface area contributed by atoms with Crippen LogP contribution in [-0.4, -0.2) is 11.1 Å². The van der Waals surface area contributed by atoms with Gasteiger partial charge in [0.15, 0.2) is 0 Å². The highest BCUT2D eigenvalue weighted by Crippen LogP contribution is 2.51. The number of carboxylic acid groups (broad SMARTS) is 1. The number of anilines is 1. The maximum Gasteiger partial charge on any atom is 0.314 e. The number of rotatable bonds is 2. The van der Waals surface area contributed by atoms with Gasteiger partial charge in [-0.05, 0) is 46.5 Å². The van der Waals surface area contributed by atoms with Gasteiger partial charge in [0.1, 0.15) is 5.82 Å². The molecular weight excluding hydrogens is 265 g/mol. The molecule has 0 amide bonds. The van der Waals surface area contributed by atoms with Crippen molar-refractivity contribution in [2.45, 2.75) is 18.3 Å². The highest BCUT2D eigenvalue weighted by Gasteiger charge is 2.53. The Morgan fingerprint density at radius 1 is 1.53 bits per heavy atom. The lowest BCUT2D eigenvalue weighted by atomic mass is 9.94. The van der Waals surface area contributed by atoms with Gasteiger partial charge in [-0.2, -0.15) is 0 Å². The van der Waals surface area contributed by atoms with E-state index in [-0.39, 0.29) is 0 Å². The van der Waals surface area contributed by atoms with Crippen LogP contribution in [0.25, 0.3) is 0 Å². The minimum Gasteiger partial charge on any atom is -0.481 e. The van der Waals surface area contributed by atoms with Gasteiger partial charge >= 0.3 is 5.97 Å². The van der Waals surface area contributed by atoms with Crippen molar-refractivity contribution in [3.05, 3.63) is 28.0 Å². The lowest BCUT2D eigenvalue weighted by Crippen LogP contribution is -2.21. The van der Waals surface area contributed by atoms with Crippen LogP contribution < -0.4 is 5.73 Å². The molecule has 0 saturated heterocycles. The average molecular weight is 274 g/mol. The topological polar surface area (TPSA) is 63.3 Å². The minimum absolute atomic E-state index is 0.316. The molecule has 1 fully saturated rings. The zero-order valence-electron chi connectivity index (χ0n) is 7.76. The second kappa shape index (κ2) is 3.20. The lowest BCUT2D eigenvalue weighted by molar-refractivity contribution is -0.140. The van der Waals surface area contributed by atoms with E-state index in [9.17, 15) is 9.18 Å². The molecule has 80 valence electrons. The zero-order valence-corrected chi connectivity index (χ0v) is 9.34. The minimum atomic E-state index is -0.964. The molecule has 5 heteroatoms. The largest absolute Gasteiger partial charge is 0.481 e. The van der Waals surface area contributed by atoms with Crippen LogP contribution in [0.3, 0.4) is 0 Å². The van der Waals surface area contributed by atoms with Gasteiger partial charge in [0.2, 0.25) is 0 Å². The van der Waals surface area contributed by atoms with Crippen LogP contribution in [0.1, 0.15) is 18.4 Å². The van der Waals surface area contributed by atoms with E-state index < -0.39 is 17.2 Å². The summed E-state index contributed by atoms with van der Waals surface area (Å²) in [6, 6.07) is 2.44. The fraction of sp³-hybridized carbons (Fsp3) is 0.300. The summed E-state index contributed by atoms with van der Waals surface area (Å²) in [7, 11) is 0. The number of carboxylic acids is 1. The van der Waals surface area contributed by atoms with Crippen molar-refractivity contribution < 1.29 is 14.3 Å². The van der Waals surface area contributed by atoms with Crippen LogP contribution in [0, 0.1) is 5.82 Å². The molecule has 0 atom stereocenters. The maximum atomic E-state index is 13.2. The normalized spacial score (nSPS) is 17.5. The molecule has 1 saturated carbocycles. The summed E-state index contributed by atoms with van der Waals surface area (Å²) in [5.41, 5.74) is 5.47. The summed E-state index contributed by atoms with van der Waals surface area (Å²) in [6.45, 7) is 0. The van der Waals surface area contributed by atoms with E-state index in [1.165, 1.54) is 12.1 Å². The maximum absolute atomic E-state index is 13.2. The Bertz CT molecular complexity index is 443. The first-order chi connectivity index (χ1) is 6.97. The predicted molar refractivity (Wildman–Crippen MR) is 57.1 cm³/mol. The number of hydrogen-bond donors (Lipinski definition) is 2. The van der Waals surface area contributed by atoms with Crippen molar-refractivity contribution in [1.29, 1.82) is 0 Å². The molecule has 15 heavy (non-hydrogen) atoms. The fourth-order valence-electron chi connectivity index (χ4n) is 1.70. The van der Waals surface area contributed by atoms with Gasteiger partial charge in [0.25, 0.3) is 0 Å². The van der Waals surface area contributed by atoms with E-state index in [1.54, 1.807) is 0 Å². The second-order valence-electron chi connectivity index (χ2n) is 3.74. The van der Waals surface area contributed by atoms with Crippen molar-refractivity contribution in [2.24, 2.45) is 0 Å². The monoisotopic (exact) mass is 273 g/mol. The molecule has 1 aliphatic rings. The van der Waals surface area contributed by atoms with Crippen molar-refractivity contribution >= 4 is 27.6 Å². The standard InChI is InChI=1S/C10H9BrFNO2/c11-7-4-5(12)3-6(8(7)13)10(1-2-10)9(14)15/h3-4H,1-2,13H2,(H,14,15). The van der Waals surface area contributed by atoms with Crippen LogP contribution in [0.4, 0.5) is 10.1 Å². The third kappa shape index (κ3) is 1.51. The molecule has 0 unspecified atom stereocenters. The summed E-state index contributed by atoms with van der Waals surface area (Å²) in [4.78, 5) is 11.1. The number of benzene rings is 1.